The molecule has 0 saturated heterocycles. The molecule has 0 aliphatic carbocycles. The van der Waals surface area contributed by atoms with E-state index in [0.717, 1.165) is 28.5 Å². The van der Waals surface area contributed by atoms with E-state index < -0.39 is 0 Å². The number of hydrogen-bond donors (Lipinski definition) is 2. The smallest absolute Gasteiger partial charge is 0.163 e. The average Bonchev–Trinajstić information content (AvgIpc) is 2.75. The number of nitrogens with one attached hydrogen (secondary N) is 1. The lowest BCUT2D eigenvalue weighted by Gasteiger charge is -2.05. The number of carbonyl (C=O) groups excluding carboxylic acids is 1. The zero-order chi connectivity index (χ0) is 11.5. The van der Waals surface area contributed by atoms with Gasteiger partial charge in [-0.2, -0.15) is 0 Å². The molecule has 84 valence electrons. The van der Waals surface area contributed by atoms with Crippen LogP contribution in [0.3, 0.4) is 0 Å². The van der Waals surface area contributed by atoms with Crippen molar-refractivity contribution in [2.45, 2.75) is 19.8 Å². The highest BCUT2D eigenvalue weighted by Gasteiger charge is 2.11. The average molecular weight is 216 g/mol. The van der Waals surface area contributed by atoms with Gasteiger partial charge in [0.05, 0.1) is 0 Å². The van der Waals surface area contributed by atoms with Crippen molar-refractivity contribution in [1.82, 2.24) is 4.98 Å². The van der Waals surface area contributed by atoms with Gasteiger partial charge < -0.3 is 10.7 Å². The van der Waals surface area contributed by atoms with Gasteiger partial charge in [-0.15, -0.1) is 0 Å². The molecule has 0 fully saturated rings. The normalized spacial score (nSPS) is 10.9. The van der Waals surface area contributed by atoms with Crippen molar-refractivity contribution in [2.24, 2.45) is 5.73 Å². The Hall–Kier alpha value is -1.61. The van der Waals surface area contributed by atoms with Gasteiger partial charge in [-0.1, -0.05) is 12.1 Å². The molecule has 2 rings (SSSR count). The molecule has 0 aliphatic heterocycles. The summed E-state index contributed by atoms with van der Waals surface area (Å²) in [5, 5.41) is 1.15. The lowest BCUT2D eigenvalue weighted by Crippen LogP contribution is -2.06. The SMILES string of the molecule is Cc1c(C(=O)CCCN)ccc2cc[nH]c12. The van der Waals surface area contributed by atoms with E-state index in [2.05, 4.69) is 4.98 Å². The Balaban J connectivity index is 2.37. The van der Waals surface area contributed by atoms with Crippen molar-refractivity contribution in [3.63, 3.8) is 0 Å². The first-order valence-corrected chi connectivity index (χ1v) is 5.54. The summed E-state index contributed by atoms with van der Waals surface area (Å²) in [4.78, 5) is 15.1. The predicted octanol–water partition coefficient (Wildman–Crippen LogP) is 2.40. The molecule has 0 bridgehead atoms. The number of aromatic amines is 1. The highest BCUT2D eigenvalue weighted by molar-refractivity contribution is 6.01. The van der Waals surface area contributed by atoms with Gasteiger partial charge in [-0.3, -0.25) is 4.79 Å². The van der Waals surface area contributed by atoms with Gasteiger partial charge in [-0.25, -0.2) is 0 Å². The van der Waals surface area contributed by atoms with Crippen LogP contribution in [0.4, 0.5) is 0 Å². The van der Waals surface area contributed by atoms with Gasteiger partial charge in [0.2, 0.25) is 0 Å². The van der Waals surface area contributed by atoms with Crippen LogP contribution in [-0.4, -0.2) is 17.3 Å². The van der Waals surface area contributed by atoms with Crippen molar-refractivity contribution in [3.8, 4) is 0 Å². The number of nitrogens with two attached hydrogens (primary N) is 1. The van der Waals surface area contributed by atoms with Crippen LogP contribution in [0.25, 0.3) is 10.9 Å². The molecule has 3 N–H and O–H groups in total. The third-order valence-corrected chi connectivity index (χ3v) is 2.90. The van der Waals surface area contributed by atoms with Gasteiger partial charge in [0.25, 0.3) is 0 Å². The third kappa shape index (κ3) is 1.86. The number of aryl methyl sites for hydroxylation is 1. The largest absolute Gasteiger partial charge is 0.361 e. The van der Waals surface area contributed by atoms with E-state index in [9.17, 15) is 4.79 Å². The molecular formula is C13H16N2O. The minimum atomic E-state index is 0.180. The standard InChI is InChI=1S/C13H16N2O/c1-9-11(12(16)3-2-7-14)5-4-10-6-8-15-13(9)10/h4-6,8,15H,2-3,7,14H2,1H3. The number of carbonyl (C=O) groups is 1. The van der Waals surface area contributed by atoms with Gasteiger partial charge in [-0.05, 0) is 36.9 Å². The van der Waals surface area contributed by atoms with E-state index in [1.54, 1.807) is 0 Å². The van der Waals surface area contributed by atoms with Gasteiger partial charge in [0.15, 0.2) is 5.78 Å². The fraction of sp³-hybridized carbons (Fsp3) is 0.308. The number of aromatic nitrogens is 1. The van der Waals surface area contributed by atoms with Crippen molar-refractivity contribution < 1.29 is 4.79 Å². The van der Waals surface area contributed by atoms with Crippen LogP contribution >= 0.6 is 0 Å². The quantitative estimate of drug-likeness (QED) is 0.771. The van der Waals surface area contributed by atoms with Crippen LogP contribution in [0.15, 0.2) is 24.4 Å². The van der Waals surface area contributed by atoms with Crippen LogP contribution in [-0.2, 0) is 0 Å². The van der Waals surface area contributed by atoms with E-state index in [4.69, 9.17) is 5.73 Å². The van der Waals surface area contributed by atoms with Crippen LogP contribution in [0.2, 0.25) is 0 Å². The second-order valence-corrected chi connectivity index (χ2v) is 4.00. The Labute approximate surface area is 94.6 Å². The minimum Gasteiger partial charge on any atom is -0.361 e. The highest BCUT2D eigenvalue weighted by Crippen LogP contribution is 2.21. The number of ketones is 1. The molecule has 0 unspecified atom stereocenters. The minimum absolute atomic E-state index is 0.180. The van der Waals surface area contributed by atoms with E-state index in [1.807, 2.05) is 31.3 Å². The maximum absolute atomic E-state index is 11.9. The lowest BCUT2D eigenvalue weighted by molar-refractivity contribution is 0.0980. The summed E-state index contributed by atoms with van der Waals surface area (Å²) in [6.45, 7) is 2.55. The Morgan fingerprint density at radius 2 is 2.19 bits per heavy atom. The molecule has 1 aromatic heterocycles. The summed E-state index contributed by atoms with van der Waals surface area (Å²) in [6, 6.07) is 5.90. The molecule has 3 nitrogen and oxygen atoms in total. The number of fused-ring (bicyclic) bond motifs is 1. The second-order valence-electron chi connectivity index (χ2n) is 4.00. The molecule has 0 saturated carbocycles. The van der Waals surface area contributed by atoms with Crippen LogP contribution in [0.5, 0.6) is 0 Å². The Kier molecular flexibility index (Phi) is 3.06. The number of hydrogen-bond acceptors (Lipinski definition) is 2. The van der Waals surface area contributed by atoms with Gasteiger partial charge >= 0.3 is 0 Å². The zero-order valence-electron chi connectivity index (χ0n) is 9.42. The Bertz CT molecular complexity index is 514. The predicted molar refractivity (Wildman–Crippen MR) is 65.7 cm³/mol. The van der Waals surface area contributed by atoms with E-state index in [-0.39, 0.29) is 5.78 Å². The molecule has 16 heavy (non-hydrogen) atoms. The number of H-pyrrole nitrogens is 1. The number of rotatable bonds is 4. The summed E-state index contributed by atoms with van der Waals surface area (Å²) >= 11 is 0. The van der Waals surface area contributed by atoms with Gasteiger partial charge in [0.1, 0.15) is 0 Å². The maximum Gasteiger partial charge on any atom is 0.163 e. The summed E-state index contributed by atoms with van der Waals surface area (Å²) < 4.78 is 0. The molecule has 0 aliphatic rings. The lowest BCUT2D eigenvalue weighted by atomic mass is 9.99. The summed E-state index contributed by atoms with van der Waals surface area (Å²) in [5.41, 5.74) is 8.30. The van der Waals surface area contributed by atoms with E-state index >= 15 is 0 Å². The summed E-state index contributed by atoms with van der Waals surface area (Å²) in [6.07, 6.45) is 3.18. The van der Waals surface area contributed by atoms with Gasteiger partial charge in [0, 0.05) is 23.7 Å². The zero-order valence-corrected chi connectivity index (χ0v) is 9.42. The number of benzene rings is 1. The molecule has 0 spiro atoms. The van der Waals surface area contributed by atoms with Crippen LogP contribution in [0, 0.1) is 6.92 Å². The Morgan fingerprint density at radius 3 is 2.94 bits per heavy atom. The summed E-state index contributed by atoms with van der Waals surface area (Å²) in [7, 11) is 0. The van der Waals surface area contributed by atoms with Crippen molar-refractivity contribution in [1.29, 1.82) is 0 Å². The van der Waals surface area contributed by atoms with Crippen molar-refractivity contribution in [3.05, 3.63) is 35.5 Å². The fourth-order valence-corrected chi connectivity index (χ4v) is 1.98. The topological polar surface area (TPSA) is 58.9 Å². The molecule has 2 aromatic rings. The van der Waals surface area contributed by atoms with Crippen molar-refractivity contribution >= 4 is 16.7 Å². The molecule has 0 radical (unpaired) electrons. The molecule has 1 heterocycles. The monoisotopic (exact) mass is 216 g/mol. The third-order valence-electron chi connectivity index (χ3n) is 2.90. The molecule has 1 aromatic carbocycles. The van der Waals surface area contributed by atoms with E-state index in [1.165, 1.54) is 0 Å². The molecule has 0 amide bonds. The first-order chi connectivity index (χ1) is 7.74. The first-order valence-electron chi connectivity index (χ1n) is 5.54. The van der Waals surface area contributed by atoms with Crippen LogP contribution in [0.1, 0.15) is 28.8 Å². The highest BCUT2D eigenvalue weighted by atomic mass is 16.1. The van der Waals surface area contributed by atoms with Crippen LogP contribution < -0.4 is 5.73 Å². The van der Waals surface area contributed by atoms with Crippen molar-refractivity contribution in [2.75, 3.05) is 6.54 Å². The Morgan fingerprint density at radius 1 is 1.38 bits per heavy atom. The molecular weight excluding hydrogens is 200 g/mol. The fourth-order valence-electron chi connectivity index (χ4n) is 1.98. The molecule has 3 heteroatoms. The number of Topliss-reactive ketones (excluding diaryl/α,β-unsaturated/α-hetero) is 1. The first kappa shape index (κ1) is 10.9. The second kappa shape index (κ2) is 4.49. The maximum atomic E-state index is 11.9. The summed E-state index contributed by atoms with van der Waals surface area (Å²) in [5.74, 6) is 0.180. The molecule has 0 atom stereocenters. The van der Waals surface area contributed by atoms with E-state index in [0.29, 0.717) is 13.0 Å².